The fraction of sp³-hybridized carbons (Fsp3) is 0.417. The molecule has 2 rings (SSSR count). The van der Waals surface area contributed by atoms with Crippen molar-refractivity contribution in [3.8, 4) is 0 Å². The molecule has 186 valence electrons. The number of rotatable bonds is 11. The van der Waals surface area contributed by atoms with Crippen LogP contribution in [0, 0.1) is 5.92 Å². The molecule has 0 saturated heterocycles. The molecule has 2 aromatic carbocycles. The van der Waals surface area contributed by atoms with E-state index in [1.807, 2.05) is 13.8 Å². The molecule has 0 fully saturated rings. The van der Waals surface area contributed by atoms with Gasteiger partial charge in [-0.1, -0.05) is 55.8 Å². The van der Waals surface area contributed by atoms with Gasteiger partial charge in [0, 0.05) is 32.2 Å². The lowest BCUT2D eigenvalue weighted by Crippen LogP contribution is -2.52. The summed E-state index contributed by atoms with van der Waals surface area (Å²) in [4.78, 5) is 27.8. The summed E-state index contributed by atoms with van der Waals surface area (Å²) in [6.07, 6.45) is 0. The van der Waals surface area contributed by atoms with E-state index in [0.29, 0.717) is 17.3 Å². The number of hydrogen-bond donors (Lipinski definition) is 1. The Hall–Kier alpha value is -2.62. The molecule has 10 heteroatoms. The van der Waals surface area contributed by atoms with Gasteiger partial charge in [-0.15, -0.1) is 0 Å². The predicted octanol–water partition coefficient (Wildman–Crippen LogP) is 3.14. The van der Waals surface area contributed by atoms with Crippen LogP contribution in [0.4, 0.5) is 5.69 Å². The topological polar surface area (TPSA) is 90.0 Å². The molecule has 0 heterocycles. The largest absolute Gasteiger partial charge is 0.354 e. The number of benzene rings is 2. The molecule has 1 atom stereocenters. The molecule has 2 aromatic rings. The molecule has 0 aliphatic heterocycles. The minimum atomic E-state index is -3.97. The van der Waals surface area contributed by atoms with Gasteiger partial charge in [-0.3, -0.25) is 9.59 Å². The van der Waals surface area contributed by atoms with E-state index in [4.69, 9.17) is 11.6 Å². The van der Waals surface area contributed by atoms with Crippen molar-refractivity contribution in [2.24, 2.45) is 5.92 Å². The minimum absolute atomic E-state index is 0.122. The Labute approximate surface area is 207 Å². The van der Waals surface area contributed by atoms with Gasteiger partial charge in [0.2, 0.25) is 11.8 Å². The summed E-state index contributed by atoms with van der Waals surface area (Å²) < 4.78 is 28.2. The number of carbonyl (C=O) groups is 2. The zero-order valence-corrected chi connectivity index (χ0v) is 21.8. The second-order valence-electron chi connectivity index (χ2n) is 8.60. The van der Waals surface area contributed by atoms with Crippen LogP contribution in [0.1, 0.15) is 26.3 Å². The fourth-order valence-electron chi connectivity index (χ4n) is 3.13. The molecule has 0 aliphatic rings. The van der Waals surface area contributed by atoms with Gasteiger partial charge < -0.3 is 10.2 Å². The number of nitrogens with one attached hydrogen (secondary N) is 1. The number of halogens is 1. The van der Waals surface area contributed by atoms with Crippen molar-refractivity contribution in [1.29, 1.82) is 0 Å². The number of nitrogens with zero attached hydrogens (tertiary/aromatic N) is 3. The van der Waals surface area contributed by atoms with Gasteiger partial charge in [0.25, 0.3) is 0 Å². The predicted molar refractivity (Wildman–Crippen MR) is 136 cm³/mol. The van der Waals surface area contributed by atoms with E-state index in [2.05, 4.69) is 5.32 Å². The highest BCUT2D eigenvalue weighted by Gasteiger charge is 2.32. The van der Waals surface area contributed by atoms with Crippen LogP contribution in [0.5, 0.6) is 0 Å². The first-order valence-corrected chi connectivity index (χ1v) is 12.8. The Morgan fingerprint density at radius 2 is 1.56 bits per heavy atom. The average Bonchev–Trinajstić information content (AvgIpc) is 2.80. The van der Waals surface area contributed by atoms with Crippen LogP contribution in [0.3, 0.4) is 0 Å². The third-order valence-corrected chi connectivity index (χ3v) is 7.25. The smallest absolute Gasteiger partial charge is 0.304 e. The van der Waals surface area contributed by atoms with Crippen LogP contribution in [-0.2, 0) is 26.3 Å². The number of para-hydroxylation sites is 1. The normalized spacial score (nSPS) is 12.5. The molecule has 34 heavy (non-hydrogen) atoms. The van der Waals surface area contributed by atoms with Crippen molar-refractivity contribution < 1.29 is 18.0 Å². The van der Waals surface area contributed by atoms with E-state index in [1.165, 1.54) is 19.0 Å². The van der Waals surface area contributed by atoms with Gasteiger partial charge in [0.1, 0.15) is 12.6 Å². The Morgan fingerprint density at radius 1 is 0.971 bits per heavy atom. The van der Waals surface area contributed by atoms with Crippen LogP contribution < -0.4 is 9.62 Å². The Kier molecular flexibility index (Phi) is 9.90. The van der Waals surface area contributed by atoms with E-state index < -0.39 is 28.7 Å². The lowest BCUT2D eigenvalue weighted by molar-refractivity contribution is -0.139. The van der Waals surface area contributed by atoms with Crippen molar-refractivity contribution in [2.45, 2.75) is 33.4 Å². The molecule has 0 radical (unpaired) electrons. The second kappa shape index (κ2) is 12.2. The summed E-state index contributed by atoms with van der Waals surface area (Å²) in [5, 5.41) is 3.40. The van der Waals surface area contributed by atoms with E-state index >= 15 is 0 Å². The highest BCUT2D eigenvalue weighted by Crippen LogP contribution is 2.21. The number of anilines is 1. The molecule has 0 saturated carbocycles. The van der Waals surface area contributed by atoms with Gasteiger partial charge in [0.15, 0.2) is 0 Å². The molecule has 0 aromatic heterocycles. The number of carbonyl (C=O) groups excluding carboxylic acids is 2. The first-order chi connectivity index (χ1) is 15.9. The first-order valence-electron chi connectivity index (χ1n) is 11.0. The van der Waals surface area contributed by atoms with E-state index in [1.54, 1.807) is 61.5 Å². The summed E-state index contributed by atoms with van der Waals surface area (Å²) in [5.41, 5.74) is 1.12. The summed E-state index contributed by atoms with van der Waals surface area (Å²) >= 11 is 5.99. The average molecular weight is 509 g/mol. The zero-order valence-electron chi connectivity index (χ0n) is 20.2. The van der Waals surface area contributed by atoms with Gasteiger partial charge in [-0.25, -0.2) is 4.31 Å². The SMILES string of the molecule is CC(C)CNC(=O)[C@@H](C)N(Cc1ccc(Cl)cc1)C(=O)CN(c1ccccc1)S(=O)(=O)N(C)C. The minimum Gasteiger partial charge on any atom is -0.354 e. The van der Waals surface area contributed by atoms with E-state index in [9.17, 15) is 18.0 Å². The standard InChI is InChI=1S/C24H33ClN4O4S/c1-18(2)15-26-24(31)19(3)28(16-20-11-13-21(25)14-12-20)23(30)17-29(34(32,33)27(4)5)22-9-7-6-8-10-22/h6-14,18-19H,15-17H2,1-5H3,(H,26,31)/t19-/m1/s1. The van der Waals surface area contributed by atoms with Crippen LogP contribution in [-0.4, -0.2) is 62.7 Å². The van der Waals surface area contributed by atoms with Gasteiger partial charge in [-0.05, 0) is 42.7 Å². The maximum absolute atomic E-state index is 13.5. The molecule has 0 unspecified atom stereocenters. The van der Waals surface area contributed by atoms with Crippen LogP contribution >= 0.6 is 11.6 Å². The molecule has 0 aliphatic carbocycles. The monoisotopic (exact) mass is 508 g/mol. The maximum Gasteiger partial charge on any atom is 0.304 e. The van der Waals surface area contributed by atoms with Gasteiger partial charge in [-0.2, -0.15) is 12.7 Å². The summed E-state index contributed by atoms with van der Waals surface area (Å²) in [6.45, 7) is 5.72. The van der Waals surface area contributed by atoms with Gasteiger partial charge in [0.05, 0.1) is 5.69 Å². The molecular formula is C24H33ClN4O4S. The van der Waals surface area contributed by atoms with Gasteiger partial charge >= 0.3 is 10.2 Å². The summed E-state index contributed by atoms with van der Waals surface area (Å²) in [7, 11) is -1.15. The summed E-state index contributed by atoms with van der Waals surface area (Å²) in [6, 6.07) is 14.5. The highest BCUT2D eigenvalue weighted by atomic mass is 35.5. The number of amides is 2. The fourth-order valence-corrected chi connectivity index (χ4v) is 4.31. The third kappa shape index (κ3) is 7.44. The molecular weight excluding hydrogens is 476 g/mol. The summed E-state index contributed by atoms with van der Waals surface area (Å²) in [5.74, 6) is -0.565. The van der Waals surface area contributed by atoms with Crippen LogP contribution in [0.2, 0.25) is 5.02 Å². The van der Waals surface area contributed by atoms with Crippen molar-refractivity contribution in [3.63, 3.8) is 0 Å². The van der Waals surface area contributed by atoms with Crippen molar-refractivity contribution in [2.75, 3.05) is 31.5 Å². The first kappa shape index (κ1) is 27.6. The molecule has 1 N–H and O–H groups in total. The van der Waals surface area contributed by atoms with E-state index in [0.717, 1.165) is 14.2 Å². The molecule has 8 nitrogen and oxygen atoms in total. The Bertz CT molecular complexity index is 1060. The van der Waals surface area contributed by atoms with E-state index in [-0.39, 0.29) is 18.4 Å². The maximum atomic E-state index is 13.5. The Balaban J connectivity index is 2.39. The lowest BCUT2D eigenvalue weighted by atomic mass is 10.1. The Morgan fingerprint density at radius 3 is 2.09 bits per heavy atom. The van der Waals surface area contributed by atoms with Crippen LogP contribution in [0.15, 0.2) is 54.6 Å². The van der Waals surface area contributed by atoms with Crippen molar-refractivity contribution in [3.05, 3.63) is 65.2 Å². The third-order valence-electron chi connectivity index (χ3n) is 5.18. The molecule has 2 amide bonds. The molecule has 0 spiro atoms. The second-order valence-corrected chi connectivity index (χ2v) is 11.1. The molecule has 0 bridgehead atoms. The van der Waals surface area contributed by atoms with Crippen molar-refractivity contribution in [1.82, 2.24) is 14.5 Å². The quantitative estimate of drug-likeness (QED) is 0.505. The highest BCUT2D eigenvalue weighted by molar-refractivity contribution is 7.90. The van der Waals surface area contributed by atoms with Crippen LogP contribution in [0.25, 0.3) is 0 Å². The zero-order chi connectivity index (χ0) is 25.5. The lowest BCUT2D eigenvalue weighted by Gasteiger charge is -2.33. The number of hydrogen-bond acceptors (Lipinski definition) is 4. The van der Waals surface area contributed by atoms with Crippen molar-refractivity contribution >= 4 is 39.3 Å².